The van der Waals surface area contributed by atoms with Crippen LogP contribution in [-0.4, -0.2) is 16.1 Å². The van der Waals surface area contributed by atoms with Crippen molar-refractivity contribution in [2.75, 3.05) is 0 Å². The van der Waals surface area contributed by atoms with Crippen LogP contribution < -0.4 is 0 Å². The first-order chi connectivity index (χ1) is 8.16. The maximum absolute atomic E-state index is 11.2. The lowest BCUT2D eigenvalue weighted by Crippen LogP contribution is -2.17. The van der Waals surface area contributed by atoms with Gasteiger partial charge in [0, 0.05) is 16.6 Å². The number of H-pyrrole nitrogens is 1. The Hall–Kier alpha value is -1.77. The monoisotopic (exact) mass is 229 g/mol. The van der Waals surface area contributed by atoms with Crippen molar-refractivity contribution in [2.24, 2.45) is 0 Å². The number of carboxylic acid groups (broad SMARTS) is 1. The Morgan fingerprint density at radius 2 is 2.29 bits per heavy atom. The molecule has 1 unspecified atom stereocenters. The standard InChI is InChI=1S/C14H15NO2/c1-8-5-6-12-11(7-8)9-3-2-4-10(14(16)17)13(9)15-12/h5-7,10,15H,2-4H2,1H3,(H,16,17). The summed E-state index contributed by atoms with van der Waals surface area (Å²) in [5.41, 5.74) is 4.41. The number of hydrogen-bond donors (Lipinski definition) is 2. The highest BCUT2D eigenvalue weighted by atomic mass is 16.4. The Morgan fingerprint density at radius 1 is 1.47 bits per heavy atom. The number of carbonyl (C=O) groups is 1. The zero-order valence-electron chi connectivity index (χ0n) is 9.79. The van der Waals surface area contributed by atoms with E-state index in [1.807, 2.05) is 6.07 Å². The molecule has 2 N–H and O–H groups in total. The van der Waals surface area contributed by atoms with Gasteiger partial charge >= 0.3 is 5.97 Å². The van der Waals surface area contributed by atoms with Crippen LogP contribution in [0.4, 0.5) is 0 Å². The average Bonchev–Trinajstić information content (AvgIpc) is 2.66. The zero-order valence-corrected chi connectivity index (χ0v) is 9.79. The van der Waals surface area contributed by atoms with E-state index < -0.39 is 5.97 Å². The Bertz CT molecular complexity index is 598. The number of aliphatic carboxylic acids is 1. The number of carboxylic acids is 1. The van der Waals surface area contributed by atoms with Gasteiger partial charge in [0.15, 0.2) is 0 Å². The summed E-state index contributed by atoms with van der Waals surface area (Å²) < 4.78 is 0. The fourth-order valence-corrected chi connectivity index (χ4v) is 2.82. The molecule has 0 amide bonds. The largest absolute Gasteiger partial charge is 0.481 e. The lowest BCUT2D eigenvalue weighted by atomic mass is 9.87. The molecule has 0 spiro atoms. The van der Waals surface area contributed by atoms with Gasteiger partial charge in [-0.2, -0.15) is 0 Å². The molecule has 1 heterocycles. The normalized spacial score (nSPS) is 19.2. The van der Waals surface area contributed by atoms with Gasteiger partial charge in [-0.3, -0.25) is 4.79 Å². The highest BCUT2D eigenvalue weighted by molar-refractivity contribution is 5.88. The van der Waals surface area contributed by atoms with Gasteiger partial charge in [-0.15, -0.1) is 0 Å². The topological polar surface area (TPSA) is 53.1 Å². The van der Waals surface area contributed by atoms with Crippen LogP contribution in [0, 0.1) is 6.92 Å². The second-order valence-electron chi connectivity index (χ2n) is 4.85. The van der Waals surface area contributed by atoms with Crippen molar-refractivity contribution in [3.05, 3.63) is 35.0 Å². The summed E-state index contributed by atoms with van der Waals surface area (Å²) in [7, 11) is 0. The third-order valence-corrected chi connectivity index (χ3v) is 3.66. The summed E-state index contributed by atoms with van der Waals surface area (Å²) in [4.78, 5) is 14.5. The number of hydrogen-bond acceptors (Lipinski definition) is 1. The molecule has 1 aromatic carbocycles. The van der Waals surface area contributed by atoms with Gasteiger partial charge in [-0.1, -0.05) is 11.6 Å². The molecule has 88 valence electrons. The van der Waals surface area contributed by atoms with Gasteiger partial charge in [0.25, 0.3) is 0 Å². The second-order valence-corrected chi connectivity index (χ2v) is 4.85. The molecule has 2 aromatic rings. The molecule has 1 aromatic heterocycles. The summed E-state index contributed by atoms with van der Waals surface area (Å²) in [5, 5.41) is 10.4. The molecule has 0 saturated heterocycles. The van der Waals surface area contributed by atoms with Crippen molar-refractivity contribution in [3.63, 3.8) is 0 Å². The SMILES string of the molecule is Cc1ccc2[nH]c3c(c2c1)CCCC3C(=O)O. The first-order valence-corrected chi connectivity index (χ1v) is 6.00. The van der Waals surface area contributed by atoms with Crippen LogP contribution in [0.1, 0.15) is 35.6 Å². The predicted molar refractivity (Wildman–Crippen MR) is 66.4 cm³/mol. The van der Waals surface area contributed by atoms with Crippen LogP contribution >= 0.6 is 0 Å². The number of aryl methyl sites for hydroxylation is 2. The van der Waals surface area contributed by atoms with E-state index in [0.29, 0.717) is 0 Å². The highest BCUT2D eigenvalue weighted by Crippen LogP contribution is 2.36. The van der Waals surface area contributed by atoms with E-state index >= 15 is 0 Å². The molecule has 0 bridgehead atoms. The van der Waals surface area contributed by atoms with E-state index in [2.05, 4.69) is 24.0 Å². The van der Waals surface area contributed by atoms with Gasteiger partial charge in [0.1, 0.15) is 0 Å². The first kappa shape index (κ1) is 10.4. The lowest BCUT2D eigenvalue weighted by Gasteiger charge is -2.18. The predicted octanol–water partition coefficient (Wildman–Crippen LogP) is 2.98. The molecule has 17 heavy (non-hydrogen) atoms. The Balaban J connectivity index is 2.25. The third-order valence-electron chi connectivity index (χ3n) is 3.66. The van der Waals surface area contributed by atoms with Crippen LogP contribution in [0.15, 0.2) is 18.2 Å². The van der Waals surface area contributed by atoms with E-state index in [0.717, 1.165) is 30.5 Å². The average molecular weight is 229 g/mol. The molecule has 0 saturated carbocycles. The number of aromatic amines is 1. The van der Waals surface area contributed by atoms with E-state index in [4.69, 9.17) is 0 Å². The van der Waals surface area contributed by atoms with Gasteiger partial charge < -0.3 is 10.1 Å². The number of fused-ring (bicyclic) bond motifs is 3. The summed E-state index contributed by atoms with van der Waals surface area (Å²) in [5.74, 6) is -1.07. The fourth-order valence-electron chi connectivity index (χ4n) is 2.82. The molecular weight excluding hydrogens is 214 g/mol. The number of benzene rings is 1. The van der Waals surface area contributed by atoms with Crippen LogP contribution in [0.2, 0.25) is 0 Å². The fraction of sp³-hybridized carbons (Fsp3) is 0.357. The molecule has 1 atom stereocenters. The highest BCUT2D eigenvalue weighted by Gasteiger charge is 2.29. The molecular formula is C14H15NO2. The van der Waals surface area contributed by atoms with Gasteiger partial charge in [-0.25, -0.2) is 0 Å². The molecule has 0 aliphatic heterocycles. The zero-order chi connectivity index (χ0) is 12.0. The van der Waals surface area contributed by atoms with Gasteiger partial charge in [0.05, 0.1) is 5.92 Å². The summed E-state index contributed by atoms with van der Waals surface area (Å²) >= 11 is 0. The lowest BCUT2D eigenvalue weighted by molar-refractivity contribution is -0.139. The van der Waals surface area contributed by atoms with Crippen molar-refractivity contribution in [1.29, 1.82) is 0 Å². The smallest absolute Gasteiger partial charge is 0.312 e. The number of aromatic nitrogens is 1. The van der Waals surface area contributed by atoms with Crippen molar-refractivity contribution in [3.8, 4) is 0 Å². The molecule has 1 aliphatic rings. The van der Waals surface area contributed by atoms with Crippen molar-refractivity contribution in [2.45, 2.75) is 32.1 Å². The van der Waals surface area contributed by atoms with Crippen LogP contribution in [0.5, 0.6) is 0 Å². The summed E-state index contributed by atoms with van der Waals surface area (Å²) in [6, 6.07) is 6.25. The Labute approximate surface area is 99.5 Å². The third kappa shape index (κ3) is 1.54. The molecule has 3 rings (SSSR count). The molecule has 3 nitrogen and oxygen atoms in total. The molecule has 3 heteroatoms. The second kappa shape index (κ2) is 3.62. The van der Waals surface area contributed by atoms with Crippen molar-refractivity contribution < 1.29 is 9.90 Å². The van der Waals surface area contributed by atoms with Crippen molar-refractivity contribution >= 4 is 16.9 Å². The Morgan fingerprint density at radius 3 is 3.06 bits per heavy atom. The first-order valence-electron chi connectivity index (χ1n) is 6.00. The minimum atomic E-state index is -0.714. The molecule has 0 radical (unpaired) electrons. The number of rotatable bonds is 1. The maximum Gasteiger partial charge on any atom is 0.312 e. The van der Waals surface area contributed by atoms with Crippen molar-refractivity contribution in [1.82, 2.24) is 4.98 Å². The van der Waals surface area contributed by atoms with E-state index in [9.17, 15) is 9.90 Å². The van der Waals surface area contributed by atoms with Crippen LogP contribution in [0.3, 0.4) is 0 Å². The molecule has 1 aliphatic carbocycles. The van der Waals surface area contributed by atoms with Crippen LogP contribution in [0.25, 0.3) is 10.9 Å². The minimum absolute atomic E-state index is 0.355. The summed E-state index contributed by atoms with van der Waals surface area (Å²) in [6.45, 7) is 2.07. The maximum atomic E-state index is 11.2. The van der Waals surface area contributed by atoms with Gasteiger partial charge in [-0.05, 0) is 43.9 Å². The Kier molecular flexibility index (Phi) is 2.21. The minimum Gasteiger partial charge on any atom is -0.481 e. The van der Waals surface area contributed by atoms with E-state index in [-0.39, 0.29) is 5.92 Å². The van der Waals surface area contributed by atoms with E-state index in [1.54, 1.807) is 0 Å². The van der Waals surface area contributed by atoms with Gasteiger partial charge in [0.2, 0.25) is 0 Å². The molecule has 0 fully saturated rings. The van der Waals surface area contributed by atoms with E-state index in [1.165, 1.54) is 16.5 Å². The van der Waals surface area contributed by atoms with Crippen LogP contribution in [-0.2, 0) is 11.2 Å². The number of nitrogens with one attached hydrogen (secondary N) is 1. The summed E-state index contributed by atoms with van der Waals surface area (Å²) in [6.07, 6.45) is 2.70. The quantitative estimate of drug-likeness (QED) is 0.789.